The summed E-state index contributed by atoms with van der Waals surface area (Å²) < 4.78 is 55.7. The van der Waals surface area contributed by atoms with E-state index in [-0.39, 0.29) is 35.8 Å². The van der Waals surface area contributed by atoms with Crippen LogP contribution in [0.4, 0.5) is 23.2 Å². The van der Waals surface area contributed by atoms with Gasteiger partial charge in [-0.1, -0.05) is 24.8 Å². The smallest absolute Gasteiger partial charge is 0.379 e. The van der Waals surface area contributed by atoms with Crippen LogP contribution in [0.5, 0.6) is 0 Å². The number of aromatic nitrogens is 1. The van der Waals surface area contributed by atoms with E-state index in [1.165, 1.54) is 6.08 Å². The fourth-order valence-electron chi connectivity index (χ4n) is 4.68. The largest absolute Gasteiger partial charge is 0.417 e. The van der Waals surface area contributed by atoms with Gasteiger partial charge in [0, 0.05) is 49.7 Å². The summed E-state index contributed by atoms with van der Waals surface area (Å²) in [5.41, 5.74) is 1.89. The van der Waals surface area contributed by atoms with Gasteiger partial charge in [-0.05, 0) is 31.7 Å². The molecule has 0 saturated carbocycles. The fourth-order valence-corrected chi connectivity index (χ4v) is 4.95. The molecule has 2 fully saturated rings. The predicted octanol–water partition coefficient (Wildman–Crippen LogP) is 4.02. The maximum absolute atomic E-state index is 14.7. The van der Waals surface area contributed by atoms with Crippen molar-refractivity contribution in [3.05, 3.63) is 48.3 Å². The van der Waals surface area contributed by atoms with Gasteiger partial charge in [-0.15, -0.1) is 11.6 Å². The standard InChI is InChI=1S/C26H31ClF4N6O/c1-15(26(29,30)31)23-17-7-4-8-21(35-22-9-11-36(2)14-20(22)28)18(17)12-16(34-23)6-5-10-32-25(38)19-13-33-37(3)24(19)27/h4-8,12,19-20,22,24,33,35H,1,9-11,13-14H2,2-3H3,(H,32,38)/b6-5+/t19?,20-,22+,24?/m0/s1. The molecular formula is C26H31ClF4N6O. The molecule has 38 heavy (non-hydrogen) atoms. The molecular weight excluding hydrogens is 524 g/mol. The van der Waals surface area contributed by atoms with Crippen molar-refractivity contribution in [2.75, 3.05) is 45.6 Å². The van der Waals surface area contributed by atoms with Crippen LogP contribution in [-0.2, 0) is 4.79 Å². The Hall–Kier alpha value is -2.73. The van der Waals surface area contributed by atoms with Crippen LogP contribution >= 0.6 is 11.6 Å². The van der Waals surface area contributed by atoms with Crippen molar-refractivity contribution in [2.24, 2.45) is 5.92 Å². The lowest BCUT2D eigenvalue weighted by Gasteiger charge is -2.33. The molecule has 4 rings (SSSR count). The summed E-state index contributed by atoms with van der Waals surface area (Å²) in [5, 5.41) is 8.35. The Morgan fingerprint density at radius 1 is 1.32 bits per heavy atom. The molecule has 2 saturated heterocycles. The molecule has 1 aromatic carbocycles. The number of likely N-dealkylation sites (tertiary alicyclic amines) is 1. The van der Waals surface area contributed by atoms with Gasteiger partial charge in [0.2, 0.25) is 5.91 Å². The second-order valence-corrected chi connectivity index (χ2v) is 10.1. The second kappa shape index (κ2) is 11.6. The van der Waals surface area contributed by atoms with E-state index in [4.69, 9.17) is 11.6 Å². The number of piperidine rings is 1. The van der Waals surface area contributed by atoms with Crippen LogP contribution in [-0.4, -0.2) is 85.0 Å². The monoisotopic (exact) mass is 554 g/mol. The third-order valence-electron chi connectivity index (χ3n) is 6.89. The zero-order chi connectivity index (χ0) is 27.6. The number of fused-ring (bicyclic) bond motifs is 1. The van der Waals surface area contributed by atoms with Crippen molar-refractivity contribution in [1.82, 2.24) is 25.6 Å². The van der Waals surface area contributed by atoms with E-state index >= 15 is 0 Å². The number of anilines is 1. The molecule has 1 amide bonds. The van der Waals surface area contributed by atoms with Gasteiger partial charge in [0.15, 0.2) is 0 Å². The number of benzene rings is 1. The van der Waals surface area contributed by atoms with Gasteiger partial charge < -0.3 is 15.5 Å². The molecule has 0 spiro atoms. The number of carbonyl (C=O) groups is 1. The molecule has 3 N–H and O–H groups in total. The highest BCUT2D eigenvalue weighted by Crippen LogP contribution is 2.37. The van der Waals surface area contributed by atoms with Gasteiger partial charge in [-0.3, -0.25) is 10.2 Å². The molecule has 12 heteroatoms. The summed E-state index contributed by atoms with van der Waals surface area (Å²) in [4.78, 5) is 18.6. The van der Waals surface area contributed by atoms with Crippen molar-refractivity contribution in [3.63, 3.8) is 0 Å². The number of alkyl halides is 5. The third kappa shape index (κ3) is 6.28. The van der Waals surface area contributed by atoms with E-state index in [0.717, 1.165) is 0 Å². The number of nitrogens with one attached hydrogen (secondary N) is 3. The number of nitrogens with zero attached hydrogens (tertiary/aromatic N) is 3. The first-order valence-electron chi connectivity index (χ1n) is 12.3. The number of allylic oxidation sites excluding steroid dienone is 1. The number of rotatable bonds is 7. The van der Waals surface area contributed by atoms with E-state index in [1.54, 1.807) is 42.4 Å². The minimum Gasteiger partial charge on any atom is -0.379 e. The van der Waals surface area contributed by atoms with E-state index in [9.17, 15) is 22.4 Å². The van der Waals surface area contributed by atoms with Crippen LogP contribution in [0.25, 0.3) is 22.4 Å². The topological polar surface area (TPSA) is 72.5 Å². The summed E-state index contributed by atoms with van der Waals surface area (Å²) in [6.07, 6.45) is -2.11. The Bertz CT molecular complexity index is 1220. The Morgan fingerprint density at radius 2 is 2.08 bits per heavy atom. The Labute approximate surface area is 223 Å². The average molecular weight is 555 g/mol. The van der Waals surface area contributed by atoms with Crippen molar-refractivity contribution in [1.29, 1.82) is 0 Å². The van der Waals surface area contributed by atoms with Crippen LogP contribution in [0.1, 0.15) is 17.8 Å². The predicted molar refractivity (Wildman–Crippen MR) is 142 cm³/mol. The van der Waals surface area contributed by atoms with Crippen molar-refractivity contribution >= 4 is 45.6 Å². The number of hydrazine groups is 1. The Kier molecular flexibility index (Phi) is 8.61. The average Bonchev–Trinajstić information content (AvgIpc) is 3.20. The lowest BCUT2D eigenvalue weighted by molar-refractivity contribution is -0.124. The molecule has 0 bridgehead atoms. The number of halogens is 5. The van der Waals surface area contributed by atoms with Crippen molar-refractivity contribution in [2.45, 2.75) is 30.3 Å². The number of amides is 1. The normalized spacial score (nSPS) is 25.2. The molecule has 206 valence electrons. The molecule has 4 atom stereocenters. The minimum atomic E-state index is -4.68. The van der Waals surface area contributed by atoms with Gasteiger partial charge in [-0.2, -0.15) is 13.2 Å². The molecule has 0 aliphatic carbocycles. The van der Waals surface area contributed by atoms with Crippen LogP contribution < -0.4 is 16.1 Å². The zero-order valence-corrected chi connectivity index (χ0v) is 21.9. The van der Waals surface area contributed by atoms with Gasteiger partial charge in [0.05, 0.1) is 28.9 Å². The number of carbonyl (C=O) groups excluding carboxylic acids is 1. The summed E-state index contributed by atoms with van der Waals surface area (Å²) in [6.45, 7) is 4.78. The first-order chi connectivity index (χ1) is 18.0. The minimum absolute atomic E-state index is 0.136. The van der Waals surface area contributed by atoms with Crippen LogP contribution in [0.2, 0.25) is 0 Å². The number of hydrogen-bond acceptors (Lipinski definition) is 6. The first kappa shape index (κ1) is 28.3. The fraction of sp³-hybridized carbons (Fsp3) is 0.462. The SMILES string of the molecule is C=C(c1nc(/C=C/CNC(=O)C2CNN(C)C2Cl)cc2c(N[C@@H]3CCN(C)C[C@@H]3F)cccc12)C(F)(F)F. The molecule has 2 aromatic rings. The molecule has 2 aliphatic heterocycles. The van der Waals surface area contributed by atoms with E-state index in [1.807, 2.05) is 11.9 Å². The lowest BCUT2D eigenvalue weighted by Crippen LogP contribution is -2.46. The second-order valence-electron chi connectivity index (χ2n) is 9.69. The number of pyridine rings is 1. The molecule has 1 aromatic heterocycles. The van der Waals surface area contributed by atoms with E-state index in [2.05, 4.69) is 27.6 Å². The highest BCUT2D eigenvalue weighted by Gasteiger charge is 2.36. The zero-order valence-electron chi connectivity index (χ0n) is 21.2. The molecule has 0 radical (unpaired) electrons. The Balaban J connectivity index is 1.60. The van der Waals surface area contributed by atoms with Crippen molar-refractivity contribution in [3.8, 4) is 0 Å². The summed E-state index contributed by atoms with van der Waals surface area (Å²) >= 11 is 6.22. The highest BCUT2D eigenvalue weighted by molar-refractivity contribution is 6.22. The molecule has 7 nitrogen and oxygen atoms in total. The molecule has 2 aliphatic rings. The van der Waals surface area contributed by atoms with Gasteiger partial charge in [0.25, 0.3) is 0 Å². The summed E-state index contributed by atoms with van der Waals surface area (Å²) in [7, 11) is 3.59. The number of hydrogen-bond donors (Lipinski definition) is 3. The van der Waals surface area contributed by atoms with Gasteiger partial charge in [0.1, 0.15) is 11.7 Å². The summed E-state index contributed by atoms with van der Waals surface area (Å²) in [5.74, 6) is -0.683. The van der Waals surface area contributed by atoms with Crippen molar-refractivity contribution < 1.29 is 22.4 Å². The lowest BCUT2D eigenvalue weighted by atomic mass is 9.99. The highest BCUT2D eigenvalue weighted by atomic mass is 35.5. The Morgan fingerprint density at radius 3 is 2.74 bits per heavy atom. The maximum Gasteiger partial charge on any atom is 0.417 e. The summed E-state index contributed by atoms with van der Waals surface area (Å²) in [6, 6.07) is 6.06. The maximum atomic E-state index is 14.7. The van der Waals surface area contributed by atoms with Gasteiger partial charge >= 0.3 is 6.18 Å². The van der Waals surface area contributed by atoms with Gasteiger partial charge in [-0.25, -0.2) is 14.4 Å². The molecule has 3 heterocycles. The van der Waals surface area contributed by atoms with Crippen LogP contribution in [0, 0.1) is 5.92 Å². The van der Waals surface area contributed by atoms with E-state index in [0.29, 0.717) is 30.6 Å². The molecule has 2 unspecified atom stereocenters. The first-order valence-corrected chi connectivity index (χ1v) is 12.7. The third-order valence-corrected chi connectivity index (χ3v) is 7.49. The quantitative estimate of drug-likeness (QED) is 0.273. The van der Waals surface area contributed by atoms with Crippen LogP contribution in [0.3, 0.4) is 0 Å². The van der Waals surface area contributed by atoms with E-state index < -0.39 is 35.4 Å². The van der Waals surface area contributed by atoms with Crippen LogP contribution in [0.15, 0.2) is 36.9 Å².